The molecule has 1 heterocycles. The number of aliphatic carboxylic acids is 1. The standard InChI is InChI=1S/C22H20O6S/c1-14-11-16(7-8-18(14)27-13-20(24)25)19-12-17(23)21(22(26)28-19)29-10-9-15-5-3-2-4-6-15/h2-8,11-12,23H,9-10,13H2,1H3,(H,24,25). The summed E-state index contributed by atoms with van der Waals surface area (Å²) in [6.45, 7) is 1.32. The molecule has 3 rings (SSSR count). The Hall–Kier alpha value is -3.19. The van der Waals surface area contributed by atoms with Gasteiger partial charge in [-0.1, -0.05) is 30.3 Å². The summed E-state index contributed by atoms with van der Waals surface area (Å²) in [5.41, 5.74) is 1.83. The van der Waals surface area contributed by atoms with E-state index in [-0.39, 0.29) is 16.4 Å². The van der Waals surface area contributed by atoms with Crippen LogP contribution in [0.3, 0.4) is 0 Å². The lowest BCUT2D eigenvalue weighted by molar-refractivity contribution is -0.139. The fraction of sp³-hybridized carbons (Fsp3) is 0.182. The molecule has 0 atom stereocenters. The van der Waals surface area contributed by atoms with Crippen LogP contribution >= 0.6 is 11.8 Å². The molecule has 0 aliphatic carbocycles. The lowest BCUT2D eigenvalue weighted by Crippen LogP contribution is -2.10. The minimum absolute atomic E-state index is 0.127. The number of hydrogen-bond donors (Lipinski definition) is 2. The van der Waals surface area contributed by atoms with Gasteiger partial charge in [0.25, 0.3) is 0 Å². The van der Waals surface area contributed by atoms with Gasteiger partial charge in [0.05, 0.1) is 0 Å². The maximum absolute atomic E-state index is 12.4. The van der Waals surface area contributed by atoms with Crippen LogP contribution in [0.4, 0.5) is 0 Å². The molecular formula is C22H20O6S. The van der Waals surface area contributed by atoms with Gasteiger partial charge in [-0.3, -0.25) is 0 Å². The molecule has 0 saturated heterocycles. The zero-order chi connectivity index (χ0) is 20.8. The average molecular weight is 412 g/mol. The Morgan fingerprint density at radius 2 is 1.90 bits per heavy atom. The Labute approximate surface area is 171 Å². The van der Waals surface area contributed by atoms with E-state index >= 15 is 0 Å². The minimum Gasteiger partial charge on any atom is -0.506 e. The van der Waals surface area contributed by atoms with E-state index in [1.807, 2.05) is 30.3 Å². The van der Waals surface area contributed by atoms with Crippen LogP contribution in [-0.4, -0.2) is 28.5 Å². The second-order valence-electron chi connectivity index (χ2n) is 6.36. The topological polar surface area (TPSA) is 97.0 Å². The third-order valence-electron chi connectivity index (χ3n) is 4.18. The van der Waals surface area contributed by atoms with Gasteiger partial charge in [0.2, 0.25) is 0 Å². The van der Waals surface area contributed by atoms with Crippen molar-refractivity contribution in [1.29, 1.82) is 0 Å². The summed E-state index contributed by atoms with van der Waals surface area (Å²) in [6, 6.07) is 16.3. The second-order valence-corrected chi connectivity index (χ2v) is 7.46. The van der Waals surface area contributed by atoms with E-state index in [2.05, 4.69) is 0 Å². The molecule has 0 spiro atoms. The third-order valence-corrected chi connectivity index (χ3v) is 5.25. The van der Waals surface area contributed by atoms with Gasteiger partial charge in [0.15, 0.2) is 6.61 Å². The van der Waals surface area contributed by atoms with E-state index < -0.39 is 18.2 Å². The number of carboxylic acids is 1. The van der Waals surface area contributed by atoms with Gasteiger partial charge < -0.3 is 19.4 Å². The number of aromatic hydroxyl groups is 1. The van der Waals surface area contributed by atoms with Crippen LogP contribution in [-0.2, 0) is 11.2 Å². The Morgan fingerprint density at radius 3 is 2.55 bits per heavy atom. The van der Waals surface area contributed by atoms with Crippen molar-refractivity contribution in [3.05, 3.63) is 76.1 Å². The molecule has 1 aromatic heterocycles. The summed E-state index contributed by atoms with van der Waals surface area (Å²) in [5.74, 6) is 0.0997. The number of carboxylic acid groups (broad SMARTS) is 1. The number of thioether (sulfide) groups is 1. The van der Waals surface area contributed by atoms with Crippen molar-refractivity contribution < 1.29 is 24.2 Å². The van der Waals surface area contributed by atoms with E-state index in [1.165, 1.54) is 17.8 Å². The number of ether oxygens (including phenoxy) is 1. The van der Waals surface area contributed by atoms with Crippen LogP contribution < -0.4 is 10.4 Å². The summed E-state index contributed by atoms with van der Waals surface area (Å²) in [6.07, 6.45) is 0.767. The molecule has 150 valence electrons. The summed E-state index contributed by atoms with van der Waals surface area (Å²) >= 11 is 1.26. The first-order valence-electron chi connectivity index (χ1n) is 8.93. The highest BCUT2D eigenvalue weighted by Crippen LogP contribution is 2.32. The van der Waals surface area contributed by atoms with Crippen molar-refractivity contribution in [2.45, 2.75) is 18.2 Å². The number of rotatable bonds is 8. The largest absolute Gasteiger partial charge is 0.506 e. The molecule has 6 nitrogen and oxygen atoms in total. The molecule has 0 fully saturated rings. The van der Waals surface area contributed by atoms with Crippen LogP contribution in [0.25, 0.3) is 11.3 Å². The summed E-state index contributed by atoms with van der Waals surface area (Å²) < 4.78 is 10.6. The lowest BCUT2D eigenvalue weighted by atomic mass is 10.1. The van der Waals surface area contributed by atoms with E-state index in [0.29, 0.717) is 22.6 Å². The smallest absolute Gasteiger partial charge is 0.353 e. The maximum atomic E-state index is 12.4. The Kier molecular flexibility index (Phi) is 6.61. The van der Waals surface area contributed by atoms with Crippen LogP contribution in [0.5, 0.6) is 11.5 Å². The van der Waals surface area contributed by atoms with Gasteiger partial charge in [-0.05, 0) is 42.7 Å². The molecule has 29 heavy (non-hydrogen) atoms. The molecule has 2 N–H and O–H groups in total. The first-order chi connectivity index (χ1) is 13.9. The van der Waals surface area contributed by atoms with E-state index in [9.17, 15) is 14.7 Å². The van der Waals surface area contributed by atoms with Gasteiger partial charge in [-0.2, -0.15) is 0 Å². The van der Waals surface area contributed by atoms with Crippen LogP contribution in [0, 0.1) is 6.92 Å². The van der Waals surface area contributed by atoms with Crippen molar-refractivity contribution in [2.24, 2.45) is 0 Å². The van der Waals surface area contributed by atoms with Gasteiger partial charge in [0, 0.05) is 17.4 Å². The van der Waals surface area contributed by atoms with Crippen LogP contribution in [0.2, 0.25) is 0 Å². The fourth-order valence-electron chi connectivity index (χ4n) is 2.76. The molecule has 0 amide bonds. The van der Waals surface area contributed by atoms with Crippen LogP contribution in [0.15, 0.2) is 68.7 Å². The van der Waals surface area contributed by atoms with Gasteiger partial charge in [0.1, 0.15) is 22.2 Å². The number of aryl methyl sites for hydroxylation is 2. The summed E-state index contributed by atoms with van der Waals surface area (Å²) in [4.78, 5) is 23.2. The van der Waals surface area contributed by atoms with E-state index in [1.54, 1.807) is 25.1 Å². The maximum Gasteiger partial charge on any atom is 0.353 e. The summed E-state index contributed by atoms with van der Waals surface area (Å²) in [7, 11) is 0. The van der Waals surface area contributed by atoms with Crippen molar-refractivity contribution in [1.82, 2.24) is 0 Å². The predicted molar refractivity (Wildman–Crippen MR) is 111 cm³/mol. The molecule has 0 unspecified atom stereocenters. The normalized spacial score (nSPS) is 10.7. The third kappa shape index (κ3) is 5.42. The molecule has 0 bridgehead atoms. The van der Waals surface area contributed by atoms with Gasteiger partial charge >= 0.3 is 11.6 Å². The van der Waals surface area contributed by atoms with Crippen LogP contribution in [0.1, 0.15) is 11.1 Å². The van der Waals surface area contributed by atoms with Crippen molar-refractivity contribution >= 4 is 17.7 Å². The molecule has 0 radical (unpaired) electrons. The first-order valence-corrected chi connectivity index (χ1v) is 9.92. The molecule has 2 aromatic carbocycles. The van der Waals surface area contributed by atoms with E-state index in [0.717, 1.165) is 12.0 Å². The SMILES string of the molecule is Cc1cc(-c2cc(O)c(SCCc3ccccc3)c(=O)o2)ccc1OCC(=O)O. The predicted octanol–water partition coefficient (Wildman–Crippen LogP) is 4.12. The molecule has 0 aliphatic heterocycles. The Morgan fingerprint density at radius 1 is 1.14 bits per heavy atom. The fourth-order valence-corrected chi connectivity index (χ4v) is 3.67. The first kappa shape index (κ1) is 20.5. The monoisotopic (exact) mass is 412 g/mol. The average Bonchev–Trinajstić information content (AvgIpc) is 2.69. The molecule has 7 heteroatoms. The lowest BCUT2D eigenvalue weighted by Gasteiger charge is -2.10. The summed E-state index contributed by atoms with van der Waals surface area (Å²) in [5, 5.41) is 19.0. The van der Waals surface area contributed by atoms with Crippen molar-refractivity contribution in [2.75, 3.05) is 12.4 Å². The number of benzene rings is 2. The zero-order valence-corrected chi connectivity index (χ0v) is 16.6. The number of carbonyl (C=O) groups is 1. The highest BCUT2D eigenvalue weighted by molar-refractivity contribution is 7.99. The Bertz CT molecular complexity index is 1060. The molecule has 3 aromatic rings. The Balaban J connectivity index is 1.74. The number of hydrogen-bond acceptors (Lipinski definition) is 6. The second kappa shape index (κ2) is 9.34. The van der Waals surface area contributed by atoms with E-state index in [4.69, 9.17) is 14.3 Å². The molecule has 0 saturated carbocycles. The quantitative estimate of drug-likeness (QED) is 0.537. The highest BCUT2D eigenvalue weighted by Gasteiger charge is 2.14. The van der Waals surface area contributed by atoms with Crippen molar-refractivity contribution in [3.63, 3.8) is 0 Å². The van der Waals surface area contributed by atoms with Gasteiger partial charge in [-0.25, -0.2) is 9.59 Å². The molecular weight excluding hydrogens is 392 g/mol. The van der Waals surface area contributed by atoms with Gasteiger partial charge in [-0.15, -0.1) is 11.8 Å². The molecule has 0 aliphatic rings. The zero-order valence-electron chi connectivity index (χ0n) is 15.8. The van der Waals surface area contributed by atoms with Crippen molar-refractivity contribution in [3.8, 4) is 22.8 Å². The minimum atomic E-state index is -1.07. The highest BCUT2D eigenvalue weighted by atomic mass is 32.2.